The number of amides is 2. The van der Waals surface area contributed by atoms with Gasteiger partial charge in [0.15, 0.2) is 17.1 Å². The Balaban J connectivity index is 1.53. The van der Waals surface area contributed by atoms with E-state index in [0.29, 0.717) is 29.2 Å². The SMILES string of the molecule is CCc1ccc(O[C@@H](C)C(=O)NCc2nnc(SCC(=O)Nc3ccccc3C(C)C)n2CC)cc1. The summed E-state index contributed by atoms with van der Waals surface area (Å²) in [5, 5.41) is 15.0. The fraction of sp³-hybridized carbons (Fsp3) is 0.407. The van der Waals surface area contributed by atoms with E-state index in [0.717, 1.165) is 17.7 Å². The van der Waals surface area contributed by atoms with Crippen LogP contribution in [-0.2, 0) is 29.1 Å². The van der Waals surface area contributed by atoms with Gasteiger partial charge in [0, 0.05) is 12.2 Å². The van der Waals surface area contributed by atoms with E-state index in [4.69, 9.17) is 4.74 Å². The molecule has 0 spiro atoms. The van der Waals surface area contributed by atoms with Gasteiger partial charge in [0.05, 0.1) is 12.3 Å². The number of rotatable bonds is 12. The van der Waals surface area contributed by atoms with E-state index in [2.05, 4.69) is 41.6 Å². The molecule has 0 saturated carbocycles. The molecule has 0 radical (unpaired) electrons. The van der Waals surface area contributed by atoms with E-state index in [1.54, 1.807) is 6.92 Å². The maximum absolute atomic E-state index is 12.6. The molecule has 2 aromatic carbocycles. The first kappa shape index (κ1) is 27.3. The predicted molar refractivity (Wildman–Crippen MR) is 143 cm³/mol. The van der Waals surface area contributed by atoms with Gasteiger partial charge in [-0.3, -0.25) is 9.59 Å². The Hall–Kier alpha value is -3.33. The van der Waals surface area contributed by atoms with Gasteiger partial charge in [-0.1, -0.05) is 62.9 Å². The van der Waals surface area contributed by atoms with E-state index in [1.165, 1.54) is 17.3 Å². The molecule has 1 atom stereocenters. The van der Waals surface area contributed by atoms with Gasteiger partial charge in [0.25, 0.3) is 5.91 Å². The molecule has 1 heterocycles. The number of thioether (sulfide) groups is 1. The van der Waals surface area contributed by atoms with Crippen LogP contribution in [0.4, 0.5) is 5.69 Å². The number of para-hydroxylation sites is 1. The van der Waals surface area contributed by atoms with Crippen molar-refractivity contribution < 1.29 is 14.3 Å². The van der Waals surface area contributed by atoms with Crippen LogP contribution in [0.25, 0.3) is 0 Å². The molecule has 0 unspecified atom stereocenters. The van der Waals surface area contributed by atoms with Crippen molar-refractivity contribution >= 4 is 29.3 Å². The second-order valence-corrected chi connectivity index (χ2v) is 9.64. The van der Waals surface area contributed by atoms with E-state index < -0.39 is 6.10 Å². The molecule has 0 bridgehead atoms. The number of carbonyl (C=O) groups is 2. The van der Waals surface area contributed by atoms with Crippen molar-refractivity contribution in [1.82, 2.24) is 20.1 Å². The van der Waals surface area contributed by atoms with Gasteiger partial charge in [0.1, 0.15) is 5.75 Å². The summed E-state index contributed by atoms with van der Waals surface area (Å²) in [5.41, 5.74) is 3.14. The quantitative estimate of drug-likeness (QED) is 0.341. The number of benzene rings is 2. The van der Waals surface area contributed by atoms with Crippen LogP contribution in [0.2, 0.25) is 0 Å². The smallest absolute Gasteiger partial charge is 0.261 e. The summed E-state index contributed by atoms with van der Waals surface area (Å²) in [7, 11) is 0. The van der Waals surface area contributed by atoms with Crippen LogP contribution >= 0.6 is 11.8 Å². The zero-order chi connectivity index (χ0) is 26.1. The molecule has 1 aromatic heterocycles. The zero-order valence-electron chi connectivity index (χ0n) is 21.6. The highest BCUT2D eigenvalue weighted by atomic mass is 32.2. The van der Waals surface area contributed by atoms with Crippen LogP contribution in [0.1, 0.15) is 57.5 Å². The van der Waals surface area contributed by atoms with E-state index in [1.807, 2.05) is 60.0 Å². The summed E-state index contributed by atoms with van der Waals surface area (Å²) in [6.07, 6.45) is 0.299. The number of aryl methyl sites for hydroxylation is 1. The second kappa shape index (κ2) is 13.1. The Bertz CT molecular complexity index is 1160. The molecule has 2 amide bonds. The highest BCUT2D eigenvalue weighted by molar-refractivity contribution is 7.99. The summed E-state index contributed by atoms with van der Waals surface area (Å²) < 4.78 is 7.66. The first-order chi connectivity index (χ1) is 17.3. The van der Waals surface area contributed by atoms with Crippen molar-refractivity contribution in [1.29, 1.82) is 0 Å². The highest BCUT2D eigenvalue weighted by Crippen LogP contribution is 2.24. The van der Waals surface area contributed by atoms with Crippen molar-refractivity contribution in [2.24, 2.45) is 0 Å². The summed E-state index contributed by atoms with van der Waals surface area (Å²) in [6.45, 7) is 10.8. The third kappa shape index (κ3) is 7.34. The lowest BCUT2D eigenvalue weighted by Crippen LogP contribution is -2.36. The average Bonchev–Trinajstić information content (AvgIpc) is 3.28. The number of ether oxygens (including phenoxy) is 1. The third-order valence-corrected chi connectivity index (χ3v) is 6.70. The molecule has 0 saturated heterocycles. The summed E-state index contributed by atoms with van der Waals surface area (Å²) >= 11 is 1.32. The number of nitrogens with zero attached hydrogens (tertiary/aromatic N) is 3. The molecule has 2 N–H and O–H groups in total. The first-order valence-electron chi connectivity index (χ1n) is 12.3. The van der Waals surface area contributed by atoms with E-state index >= 15 is 0 Å². The number of anilines is 1. The zero-order valence-corrected chi connectivity index (χ0v) is 22.4. The number of carbonyl (C=O) groups excluding carboxylic acids is 2. The molecule has 36 heavy (non-hydrogen) atoms. The Labute approximate surface area is 217 Å². The molecule has 8 nitrogen and oxygen atoms in total. The van der Waals surface area contributed by atoms with Crippen molar-refractivity contribution in [2.75, 3.05) is 11.1 Å². The molecule has 0 aliphatic rings. The summed E-state index contributed by atoms with van der Waals surface area (Å²) in [6, 6.07) is 15.6. The van der Waals surface area contributed by atoms with Gasteiger partial charge in [-0.05, 0) is 55.5 Å². The first-order valence-corrected chi connectivity index (χ1v) is 13.3. The largest absolute Gasteiger partial charge is 0.481 e. The van der Waals surface area contributed by atoms with Gasteiger partial charge in [0.2, 0.25) is 5.91 Å². The van der Waals surface area contributed by atoms with Crippen molar-refractivity contribution in [2.45, 2.75) is 71.3 Å². The fourth-order valence-corrected chi connectivity index (χ4v) is 4.50. The number of nitrogens with one attached hydrogen (secondary N) is 2. The topological polar surface area (TPSA) is 98.1 Å². The molecule has 0 aliphatic heterocycles. The predicted octanol–water partition coefficient (Wildman–Crippen LogP) is 4.80. The van der Waals surface area contributed by atoms with Crippen molar-refractivity contribution in [3.8, 4) is 5.75 Å². The minimum Gasteiger partial charge on any atom is -0.481 e. The average molecular weight is 510 g/mol. The molecule has 0 aliphatic carbocycles. The number of hydrogen-bond acceptors (Lipinski definition) is 6. The fourth-order valence-electron chi connectivity index (χ4n) is 3.68. The van der Waals surface area contributed by atoms with Crippen molar-refractivity contribution in [3.05, 3.63) is 65.5 Å². The standard InChI is InChI=1S/C27H35N5O3S/c1-6-20-12-14-21(15-13-20)35-19(5)26(34)28-16-24-30-31-27(32(24)7-2)36-17-25(33)29-23-11-9-8-10-22(23)18(3)4/h8-15,18-19H,6-7,16-17H2,1-5H3,(H,28,34)(H,29,33)/t19-/m0/s1. The van der Waals surface area contributed by atoms with Crippen LogP contribution in [0, 0.1) is 0 Å². The Morgan fingerprint density at radius 3 is 2.42 bits per heavy atom. The monoisotopic (exact) mass is 509 g/mol. The molecule has 0 fully saturated rings. The van der Waals surface area contributed by atoms with Crippen molar-refractivity contribution in [3.63, 3.8) is 0 Å². The summed E-state index contributed by atoms with van der Waals surface area (Å²) in [5.74, 6) is 1.45. The molecule has 192 valence electrons. The van der Waals surface area contributed by atoms with Gasteiger partial charge in [-0.15, -0.1) is 10.2 Å². The van der Waals surface area contributed by atoms with Crippen LogP contribution in [0.15, 0.2) is 53.7 Å². The van der Waals surface area contributed by atoms with Gasteiger partial charge in [-0.25, -0.2) is 0 Å². The molecule has 9 heteroatoms. The maximum atomic E-state index is 12.6. The number of hydrogen-bond donors (Lipinski definition) is 2. The molecular weight excluding hydrogens is 474 g/mol. The van der Waals surface area contributed by atoms with Crippen LogP contribution in [-0.4, -0.2) is 38.4 Å². The Kier molecular flexibility index (Phi) is 9.93. The highest BCUT2D eigenvalue weighted by Gasteiger charge is 2.18. The van der Waals surface area contributed by atoms with E-state index in [-0.39, 0.29) is 24.1 Å². The normalized spacial score (nSPS) is 11.8. The lowest BCUT2D eigenvalue weighted by atomic mass is 10.0. The molecule has 3 rings (SSSR count). The summed E-state index contributed by atoms with van der Waals surface area (Å²) in [4.78, 5) is 25.1. The van der Waals surface area contributed by atoms with Gasteiger partial charge in [-0.2, -0.15) is 0 Å². The minimum atomic E-state index is -0.651. The lowest BCUT2D eigenvalue weighted by molar-refractivity contribution is -0.127. The molecular formula is C27H35N5O3S. The Morgan fingerprint density at radius 2 is 1.75 bits per heavy atom. The van der Waals surface area contributed by atoms with Crippen LogP contribution in [0.5, 0.6) is 5.75 Å². The minimum absolute atomic E-state index is 0.105. The van der Waals surface area contributed by atoms with Crippen LogP contribution < -0.4 is 15.4 Å². The number of aromatic nitrogens is 3. The molecule has 3 aromatic rings. The van der Waals surface area contributed by atoms with Gasteiger partial charge >= 0.3 is 0 Å². The third-order valence-electron chi connectivity index (χ3n) is 5.73. The maximum Gasteiger partial charge on any atom is 0.261 e. The second-order valence-electron chi connectivity index (χ2n) is 8.70. The van der Waals surface area contributed by atoms with E-state index in [9.17, 15) is 9.59 Å². The Morgan fingerprint density at radius 1 is 1.03 bits per heavy atom. The lowest BCUT2D eigenvalue weighted by Gasteiger charge is -2.15. The van der Waals surface area contributed by atoms with Gasteiger partial charge < -0.3 is 19.9 Å². The van der Waals surface area contributed by atoms with Crippen LogP contribution in [0.3, 0.4) is 0 Å².